The summed E-state index contributed by atoms with van der Waals surface area (Å²) in [6, 6.07) is 6.72. The fourth-order valence-corrected chi connectivity index (χ4v) is 7.27. The Labute approximate surface area is 260 Å². The molecule has 0 aliphatic carbocycles. The number of nitrogens with one attached hydrogen (secondary N) is 2. The number of benzene rings is 2. The van der Waals surface area contributed by atoms with Crippen molar-refractivity contribution in [3.63, 3.8) is 0 Å². The van der Waals surface area contributed by atoms with Crippen molar-refractivity contribution in [2.75, 3.05) is 11.9 Å². The number of aromatic nitrogens is 1. The molecule has 3 atom stereocenters. The van der Waals surface area contributed by atoms with Gasteiger partial charge in [-0.2, -0.15) is 4.31 Å². The molecule has 1 aliphatic heterocycles. The number of anilines is 1. The highest BCUT2D eigenvalue weighted by Gasteiger charge is 2.46. The molecule has 2 heterocycles. The molecular formula is C26H22Cl4N4O7S. The molecule has 4 rings (SSSR count). The maximum Gasteiger partial charge on any atom is 0.326 e. The molecule has 2 amide bonds. The molecule has 3 aromatic rings. The average molecular weight is 676 g/mol. The van der Waals surface area contributed by atoms with Crippen LogP contribution in [0.15, 0.2) is 59.8 Å². The van der Waals surface area contributed by atoms with E-state index in [0.29, 0.717) is 11.3 Å². The number of halogens is 4. The minimum atomic E-state index is -4.32. The van der Waals surface area contributed by atoms with Gasteiger partial charge in [0.1, 0.15) is 12.1 Å². The molecule has 0 radical (unpaired) electrons. The zero-order chi connectivity index (χ0) is 30.8. The Bertz CT molecular complexity index is 1600. The topological polar surface area (TPSA) is 166 Å². The molecule has 1 fully saturated rings. The molecule has 1 unspecified atom stereocenters. The van der Waals surface area contributed by atoms with Crippen LogP contribution in [0.5, 0.6) is 0 Å². The molecule has 1 aromatic heterocycles. The molecule has 11 nitrogen and oxygen atoms in total. The number of sulfonamides is 1. The van der Waals surface area contributed by atoms with E-state index in [-0.39, 0.29) is 49.9 Å². The van der Waals surface area contributed by atoms with Crippen LogP contribution < -0.4 is 10.6 Å². The van der Waals surface area contributed by atoms with E-state index in [4.69, 9.17) is 46.4 Å². The van der Waals surface area contributed by atoms with Gasteiger partial charge in [0.15, 0.2) is 0 Å². The van der Waals surface area contributed by atoms with Crippen LogP contribution in [0.4, 0.5) is 5.69 Å². The summed E-state index contributed by atoms with van der Waals surface area (Å²) in [6.45, 7) is -0.188. The number of amides is 2. The highest BCUT2D eigenvalue weighted by Crippen LogP contribution is 2.30. The predicted octanol–water partition coefficient (Wildman–Crippen LogP) is 3.88. The third kappa shape index (κ3) is 7.14. The summed E-state index contributed by atoms with van der Waals surface area (Å²) in [4.78, 5) is 41.3. The summed E-state index contributed by atoms with van der Waals surface area (Å²) in [6.07, 6.45) is 0.938. The first-order chi connectivity index (χ1) is 19.8. The maximum absolute atomic E-state index is 13.3. The molecule has 42 heavy (non-hydrogen) atoms. The summed E-state index contributed by atoms with van der Waals surface area (Å²) in [5.41, 5.74) is 0.875. The van der Waals surface area contributed by atoms with Crippen molar-refractivity contribution in [2.45, 2.75) is 35.9 Å². The smallest absolute Gasteiger partial charge is 0.326 e. The van der Waals surface area contributed by atoms with Crippen LogP contribution >= 0.6 is 46.4 Å². The van der Waals surface area contributed by atoms with E-state index in [1.807, 2.05) is 0 Å². The summed E-state index contributed by atoms with van der Waals surface area (Å²) < 4.78 is 27.4. The number of aliphatic hydroxyl groups is 1. The largest absolute Gasteiger partial charge is 0.480 e. The fraction of sp³-hybridized carbons (Fsp3) is 0.231. The number of hydrogen-bond donors (Lipinski definition) is 4. The second-order valence-corrected chi connectivity index (χ2v) is 12.8. The Kier molecular flexibility index (Phi) is 9.99. The van der Waals surface area contributed by atoms with Gasteiger partial charge in [0, 0.05) is 41.1 Å². The van der Waals surface area contributed by atoms with Crippen molar-refractivity contribution in [1.29, 1.82) is 0 Å². The third-order valence-electron chi connectivity index (χ3n) is 6.38. The van der Waals surface area contributed by atoms with E-state index < -0.39 is 46.0 Å². The maximum atomic E-state index is 13.3. The molecule has 222 valence electrons. The predicted molar refractivity (Wildman–Crippen MR) is 157 cm³/mol. The van der Waals surface area contributed by atoms with Crippen LogP contribution in [-0.2, 0) is 26.0 Å². The van der Waals surface area contributed by atoms with E-state index in [1.54, 1.807) is 0 Å². The lowest BCUT2D eigenvalue weighted by molar-refractivity contribution is -0.142. The zero-order valence-electron chi connectivity index (χ0n) is 21.3. The molecular weight excluding hydrogens is 654 g/mol. The van der Waals surface area contributed by atoms with Gasteiger partial charge in [-0.25, -0.2) is 13.2 Å². The van der Waals surface area contributed by atoms with E-state index in [1.165, 1.54) is 42.7 Å². The van der Waals surface area contributed by atoms with Crippen LogP contribution in [-0.4, -0.2) is 70.4 Å². The Morgan fingerprint density at radius 2 is 1.60 bits per heavy atom. The number of carbonyl (C=O) groups excluding carboxylic acids is 2. The van der Waals surface area contributed by atoms with E-state index >= 15 is 0 Å². The number of aliphatic hydroxyl groups excluding tert-OH is 1. The van der Waals surface area contributed by atoms with Gasteiger partial charge in [-0.15, -0.1) is 0 Å². The van der Waals surface area contributed by atoms with Crippen LogP contribution in [0, 0.1) is 0 Å². The second kappa shape index (κ2) is 13.1. The van der Waals surface area contributed by atoms with E-state index in [2.05, 4.69) is 15.6 Å². The Hall–Kier alpha value is -2.97. The van der Waals surface area contributed by atoms with Gasteiger partial charge in [-0.3, -0.25) is 14.6 Å². The molecule has 0 bridgehead atoms. The molecule has 1 aliphatic rings. The van der Waals surface area contributed by atoms with Gasteiger partial charge in [0.05, 0.1) is 26.6 Å². The molecule has 1 saturated heterocycles. The van der Waals surface area contributed by atoms with Gasteiger partial charge in [-0.05, 0) is 42.3 Å². The lowest BCUT2D eigenvalue weighted by Crippen LogP contribution is -2.54. The number of carboxylic acid groups (broad SMARTS) is 1. The molecule has 2 aromatic carbocycles. The minimum Gasteiger partial charge on any atom is -0.480 e. The van der Waals surface area contributed by atoms with Crippen molar-refractivity contribution in [3.8, 4) is 0 Å². The van der Waals surface area contributed by atoms with Crippen molar-refractivity contribution in [3.05, 3.63) is 86.1 Å². The standard InChI is InChI=1S/C26H22Cl4N4O7S/c27-14-8-15(28)10-17(9-14)42(40,41)34-6-5-21(35)23(34)25(37)33-20(26(38)39)7-13-1-3-16(4-2-13)32-24(36)22-18(29)11-31-12-19(22)30/h1-4,8-12,20-21,23,35H,5-7H2,(H,32,36)(H,33,37)(H,38,39)/t20-,21-,23?/m0/s1. The minimum absolute atomic E-state index is 0.0367. The monoisotopic (exact) mass is 674 g/mol. The van der Waals surface area contributed by atoms with Crippen molar-refractivity contribution in [1.82, 2.24) is 14.6 Å². The summed E-state index contributed by atoms with van der Waals surface area (Å²) >= 11 is 23.9. The first kappa shape index (κ1) is 32.0. The summed E-state index contributed by atoms with van der Waals surface area (Å²) in [7, 11) is -4.32. The van der Waals surface area contributed by atoms with Gasteiger partial charge >= 0.3 is 5.97 Å². The first-order valence-electron chi connectivity index (χ1n) is 12.2. The number of pyridine rings is 1. The van der Waals surface area contributed by atoms with Gasteiger partial charge < -0.3 is 20.8 Å². The number of rotatable bonds is 9. The molecule has 4 N–H and O–H groups in total. The number of carbonyl (C=O) groups is 3. The van der Waals surface area contributed by atoms with Crippen molar-refractivity contribution in [2.24, 2.45) is 0 Å². The molecule has 0 spiro atoms. The van der Waals surface area contributed by atoms with Gasteiger partial charge in [0.2, 0.25) is 15.9 Å². The number of aliphatic carboxylic acids is 1. The molecule has 0 saturated carbocycles. The fourth-order valence-electron chi connectivity index (χ4n) is 4.38. The van der Waals surface area contributed by atoms with Crippen LogP contribution in [0.25, 0.3) is 0 Å². The van der Waals surface area contributed by atoms with Crippen LogP contribution in [0.3, 0.4) is 0 Å². The Balaban J connectivity index is 1.47. The Morgan fingerprint density at radius 1 is 1.00 bits per heavy atom. The quantitative estimate of drug-likeness (QED) is 0.265. The Morgan fingerprint density at radius 3 is 2.17 bits per heavy atom. The number of hydrogen-bond acceptors (Lipinski definition) is 7. The van der Waals surface area contributed by atoms with E-state index in [0.717, 1.165) is 16.4 Å². The highest BCUT2D eigenvalue weighted by atomic mass is 35.5. The van der Waals surface area contributed by atoms with Crippen LogP contribution in [0.2, 0.25) is 20.1 Å². The summed E-state index contributed by atoms with van der Waals surface area (Å²) in [5, 5.41) is 25.5. The lowest BCUT2D eigenvalue weighted by atomic mass is 10.0. The second-order valence-electron chi connectivity index (χ2n) is 9.25. The number of nitrogens with zero attached hydrogens (tertiary/aromatic N) is 2. The zero-order valence-corrected chi connectivity index (χ0v) is 25.1. The average Bonchev–Trinajstić information content (AvgIpc) is 3.31. The third-order valence-corrected chi connectivity index (χ3v) is 9.25. The van der Waals surface area contributed by atoms with Gasteiger partial charge in [-0.1, -0.05) is 58.5 Å². The van der Waals surface area contributed by atoms with Gasteiger partial charge in [0.25, 0.3) is 5.91 Å². The number of carboxylic acids is 1. The van der Waals surface area contributed by atoms with Crippen molar-refractivity contribution < 1.29 is 33.0 Å². The molecule has 16 heteroatoms. The summed E-state index contributed by atoms with van der Waals surface area (Å²) in [5.74, 6) is -2.95. The van der Waals surface area contributed by atoms with Crippen molar-refractivity contribution >= 4 is 79.9 Å². The highest BCUT2D eigenvalue weighted by molar-refractivity contribution is 7.89. The van der Waals surface area contributed by atoms with Crippen LogP contribution in [0.1, 0.15) is 22.3 Å². The normalized spacial score (nSPS) is 17.9. The van der Waals surface area contributed by atoms with E-state index in [9.17, 15) is 33.0 Å². The first-order valence-corrected chi connectivity index (χ1v) is 15.1. The lowest BCUT2D eigenvalue weighted by Gasteiger charge is -2.26. The SMILES string of the molecule is O=C(Nc1ccc(C[C@H](NC(=O)C2[C@@H](O)CCN2S(=O)(=O)c2cc(Cl)cc(Cl)c2)C(=O)O)cc1)c1c(Cl)cncc1Cl.